The number of carbonyl (C=O) groups is 1. The van der Waals surface area contributed by atoms with Crippen LogP contribution in [0.4, 0.5) is 0 Å². The normalized spacial score (nSPS) is 13.7. The average Bonchev–Trinajstić information content (AvgIpc) is 3.38. The molecule has 3 heterocycles. The minimum atomic E-state index is -0.417. The van der Waals surface area contributed by atoms with E-state index in [0.717, 1.165) is 11.3 Å². The van der Waals surface area contributed by atoms with Gasteiger partial charge >= 0.3 is 0 Å². The molecule has 6 aromatic rings. The molecule has 48 heavy (non-hydrogen) atoms. The van der Waals surface area contributed by atoms with E-state index >= 15 is 0 Å². The molecular weight excluding hydrogens is 769 g/mol. The summed E-state index contributed by atoms with van der Waals surface area (Å²) in [6.45, 7) is 15.8. The standard InChI is InChI=1S/C32H23N2.C11H20O2.Ir/c1-32(2)26-12-3-4-15-30(26)34-29-17-16-22(20-25(29)24-11-8-13-27(32)31(24)34)21-9-7-10-23(19-21)28-14-5-6-18-33-28;1-10(2,3)8(12)7-9(13)11(4,5)6;/h3-9,11-20H,1-2H3;7,12H,1-6H3;/q-1;;. The van der Waals surface area contributed by atoms with Crippen LogP contribution in [0.3, 0.4) is 0 Å². The molecule has 4 nitrogen and oxygen atoms in total. The van der Waals surface area contributed by atoms with Crippen LogP contribution in [-0.4, -0.2) is 20.4 Å². The van der Waals surface area contributed by atoms with E-state index < -0.39 is 5.41 Å². The summed E-state index contributed by atoms with van der Waals surface area (Å²) in [6, 6.07) is 38.1. The third kappa shape index (κ3) is 6.42. The number of carbonyl (C=O) groups excluding carboxylic acids is 1. The summed E-state index contributed by atoms with van der Waals surface area (Å²) in [5, 5.41) is 12.2. The number of allylic oxidation sites excluding steroid dienone is 2. The SMILES string of the molecule is CC(C)(C)C(=O)C=C(O)C(C)(C)C.CC1(C)c2ccccc2-n2c3ccc(-c4cc[c-]c(-c5ccccn5)c4)cc3c3cccc1c32.[Ir]. The van der Waals surface area contributed by atoms with E-state index in [1.807, 2.05) is 72.0 Å². The van der Waals surface area contributed by atoms with E-state index in [0.29, 0.717) is 0 Å². The van der Waals surface area contributed by atoms with Crippen LogP contribution in [0.15, 0.2) is 115 Å². The van der Waals surface area contributed by atoms with Crippen LogP contribution < -0.4 is 0 Å². The van der Waals surface area contributed by atoms with Crippen molar-refractivity contribution in [1.82, 2.24) is 9.55 Å². The molecule has 247 valence electrons. The molecule has 0 spiro atoms. The quantitative estimate of drug-likeness (QED) is 0.110. The van der Waals surface area contributed by atoms with Crippen LogP contribution in [0.1, 0.15) is 66.5 Å². The van der Waals surface area contributed by atoms with Crippen LogP contribution in [0.25, 0.3) is 49.9 Å². The Morgan fingerprint density at radius 2 is 1.48 bits per heavy atom. The number of rotatable bonds is 3. The molecule has 5 heteroatoms. The second-order valence-electron chi connectivity index (χ2n) is 15.0. The van der Waals surface area contributed by atoms with Crippen molar-refractivity contribution >= 4 is 27.6 Å². The predicted octanol–water partition coefficient (Wildman–Crippen LogP) is 11.0. The van der Waals surface area contributed by atoms with Crippen LogP contribution in [-0.2, 0) is 30.3 Å². The minimum Gasteiger partial charge on any atom is -0.512 e. The molecule has 0 bridgehead atoms. The van der Waals surface area contributed by atoms with E-state index in [-0.39, 0.29) is 42.5 Å². The fourth-order valence-corrected chi connectivity index (χ4v) is 6.22. The van der Waals surface area contributed by atoms with Crippen molar-refractivity contribution in [3.8, 4) is 28.1 Å². The Labute approximate surface area is 297 Å². The molecule has 1 aliphatic heterocycles. The molecule has 0 atom stereocenters. The fourth-order valence-electron chi connectivity index (χ4n) is 6.22. The molecule has 0 amide bonds. The number of hydrogen-bond acceptors (Lipinski definition) is 3. The van der Waals surface area contributed by atoms with Crippen molar-refractivity contribution < 1.29 is 30.0 Å². The molecule has 0 saturated heterocycles. The fraction of sp³-hybridized carbons (Fsp3) is 0.256. The van der Waals surface area contributed by atoms with Gasteiger partial charge in [-0.3, -0.25) is 4.79 Å². The molecule has 0 unspecified atom stereocenters. The van der Waals surface area contributed by atoms with Crippen molar-refractivity contribution in [2.45, 2.75) is 60.8 Å². The van der Waals surface area contributed by atoms with Gasteiger partial charge in [-0.05, 0) is 46.6 Å². The van der Waals surface area contributed by atoms with Crippen molar-refractivity contribution in [1.29, 1.82) is 0 Å². The van der Waals surface area contributed by atoms with Gasteiger partial charge in [0.05, 0.1) is 16.7 Å². The number of benzene rings is 4. The third-order valence-corrected chi connectivity index (χ3v) is 9.13. The van der Waals surface area contributed by atoms with Crippen molar-refractivity contribution in [3.63, 3.8) is 0 Å². The molecule has 1 aliphatic rings. The summed E-state index contributed by atoms with van der Waals surface area (Å²) < 4.78 is 2.46. The van der Waals surface area contributed by atoms with Crippen LogP contribution in [0.2, 0.25) is 0 Å². The molecule has 1 N–H and O–H groups in total. The summed E-state index contributed by atoms with van der Waals surface area (Å²) in [4.78, 5) is 16.0. The van der Waals surface area contributed by atoms with Crippen molar-refractivity contribution in [2.24, 2.45) is 10.8 Å². The molecule has 0 saturated carbocycles. The first-order chi connectivity index (χ1) is 22.2. The first-order valence-electron chi connectivity index (χ1n) is 16.2. The van der Waals surface area contributed by atoms with Crippen LogP contribution in [0, 0.1) is 16.9 Å². The van der Waals surface area contributed by atoms with Gasteiger partial charge in [0.2, 0.25) is 0 Å². The monoisotopic (exact) mass is 812 g/mol. The third-order valence-electron chi connectivity index (χ3n) is 9.13. The summed E-state index contributed by atoms with van der Waals surface area (Å²) in [6.07, 6.45) is 3.16. The number of para-hydroxylation sites is 2. The van der Waals surface area contributed by atoms with Crippen LogP contribution >= 0.6 is 0 Å². The summed E-state index contributed by atoms with van der Waals surface area (Å²) in [7, 11) is 0. The molecule has 7 rings (SSSR count). The van der Waals surface area contributed by atoms with Gasteiger partial charge in [-0.1, -0.05) is 110 Å². The maximum absolute atomic E-state index is 11.5. The van der Waals surface area contributed by atoms with Gasteiger partial charge in [0.25, 0.3) is 0 Å². The number of nitrogens with zero attached hydrogens (tertiary/aromatic N) is 2. The maximum Gasteiger partial charge on any atom is 0.164 e. The zero-order chi connectivity index (χ0) is 33.7. The Morgan fingerprint density at radius 1 is 0.792 bits per heavy atom. The molecule has 1 radical (unpaired) electrons. The van der Waals surface area contributed by atoms with E-state index in [1.54, 1.807) is 0 Å². The van der Waals surface area contributed by atoms with Gasteiger partial charge in [0.1, 0.15) is 5.76 Å². The first-order valence-corrected chi connectivity index (χ1v) is 16.2. The smallest absolute Gasteiger partial charge is 0.164 e. The van der Waals surface area contributed by atoms with E-state index in [4.69, 9.17) is 0 Å². The number of aliphatic hydroxyl groups excluding tert-OH is 1. The average molecular weight is 812 g/mol. The Kier molecular flexibility index (Phi) is 9.45. The Bertz CT molecular complexity index is 2160. The molecule has 0 fully saturated rings. The number of hydrogen-bond donors (Lipinski definition) is 1. The topological polar surface area (TPSA) is 55.1 Å². The van der Waals surface area contributed by atoms with Gasteiger partial charge in [-0.2, -0.15) is 0 Å². The zero-order valence-corrected chi connectivity index (χ0v) is 31.4. The number of aromatic nitrogens is 2. The number of pyridine rings is 1. The summed E-state index contributed by atoms with van der Waals surface area (Å²) in [5.41, 5.74) is 10.1. The van der Waals surface area contributed by atoms with E-state index in [9.17, 15) is 9.90 Å². The summed E-state index contributed by atoms with van der Waals surface area (Å²) in [5.74, 6) is 0.104. The minimum absolute atomic E-state index is 0. The Morgan fingerprint density at radius 3 is 2.17 bits per heavy atom. The van der Waals surface area contributed by atoms with Gasteiger partial charge < -0.3 is 14.7 Å². The molecule has 0 aliphatic carbocycles. The van der Waals surface area contributed by atoms with E-state index in [1.165, 1.54) is 55.8 Å². The molecule has 4 aromatic carbocycles. The second-order valence-corrected chi connectivity index (χ2v) is 15.0. The van der Waals surface area contributed by atoms with Gasteiger partial charge in [-0.25, -0.2) is 0 Å². The number of fused-ring (bicyclic) bond motifs is 5. The van der Waals surface area contributed by atoms with Crippen molar-refractivity contribution in [2.75, 3.05) is 0 Å². The zero-order valence-electron chi connectivity index (χ0n) is 29.0. The second kappa shape index (κ2) is 13.0. The Hall–Kier alpha value is -4.31. The first kappa shape index (κ1) is 35.0. The van der Waals surface area contributed by atoms with E-state index in [2.05, 4.69) is 102 Å². The van der Waals surface area contributed by atoms with Gasteiger partial charge in [0.15, 0.2) is 5.78 Å². The summed E-state index contributed by atoms with van der Waals surface area (Å²) >= 11 is 0. The predicted molar refractivity (Wildman–Crippen MR) is 195 cm³/mol. The number of ketones is 1. The molecule has 2 aromatic heterocycles. The molecular formula is C43H43IrN2O2-. The van der Waals surface area contributed by atoms with Gasteiger partial charge in [0, 0.05) is 59.4 Å². The maximum atomic E-state index is 11.5. The van der Waals surface area contributed by atoms with Crippen LogP contribution in [0.5, 0.6) is 0 Å². The number of aliphatic hydroxyl groups is 1. The van der Waals surface area contributed by atoms with Gasteiger partial charge in [-0.15, -0.1) is 35.4 Å². The van der Waals surface area contributed by atoms with Crippen molar-refractivity contribution in [3.05, 3.63) is 132 Å². The Balaban J connectivity index is 0.000000277. The largest absolute Gasteiger partial charge is 0.512 e.